The second kappa shape index (κ2) is 7.29. The molecule has 3 aromatic heterocycles. The lowest BCUT2D eigenvalue weighted by atomic mass is 10.1. The SMILES string of the molecule is NC(=O)c1nc(Nc2ccc3ccccc3c2)sc1NC(=O)c1cc2sccc2[nH]1. The first-order chi connectivity index (χ1) is 14.6. The van der Waals surface area contributed by atoms with Crippen molar-refractivity contribution in [3.63, 3.8) is 0 Å². The maximum absolute atomic E-state index is 12.6. The monoisotopic (exact) mass is 433 g/mol. The molecule has 0 unspecified atom stereocenters. The number of hydrogen-bond acceptors (Lipinski definition) is 6. The summed E-state index contributed by atoms with van der Waals surface area (Å²) < 4.78 is 0.984. The summed E-state index contributed by atoms with van der Waals surface area (Å²) in [6.45, 7) is 0. The van der Waals surface area contributed by atoms with E-state index in [4.69, 9.17) is 5.73 Å². The van der Waals surface area contributed by atoms with Crippen LogP contribution in [-0.2, 0) is 0 Å². The van der Waals surface area contributed by atoms with Crippen LogP contribution in [0.15, 0.2) is 60.0 Å². The summed E-state index contributed by atoms with van der Waals surface area (Å²) >= 11 is 2.69. The molecule has 0 bridgehead atoms. The highest BCUT2D eigenvalue weighted by atomic mass is 32.1. The molecule has 0 radical (unpaired) electrons. The first-order valence-corrected chi connectivity index (χ1v) is 10.7. The van der Waals surface area contributed by atoms with Crippen molar-refractivity contribution in [3.8, 4) is 0 Å². The van der Waals surface area contributed by atoms with Gasteiger partial charge in [-0.15, -0.1) is 11.3 Å². The summed E-state index contributed by atoms with van der Waals surface area (Å²) in [5.74, 6) is -1.07. The smallest absolute Gasteiger partial charge is 0.272 e. The van der Waals surface area contributed by atoms with E-state index in [1.54, 1.807) is 17.4 Å². The number of H-pyrrole nitrogens is 1. The fraction of sp³-hybridized carbons (Fsp3) is 0. The topological polar surface area (TPSA) is 113 Å². The number of fused-ring (bicyclic) bond motifs is 2. The van der Waals surface area contributed by atoms with Crippen LogP contribution in [0, 0.1) is 0 Å². The van der Waals surface area contributed by atoms with E-state index in [1.165, 1.54) is 0 Å². The minimum Gasteiger partial charge on any atom is -0.364 e. The molecule has 5 aromatic rings. The molecular formula is C21H15N5O2S2. The highest BCUT2D eigenvalue weighted by molar-refractivity contribution is 7.20. The van der Waals surface area contributed by atoms with Crippen LogP contribution in [0.5, 0.6) is 0 Å². The Morgan fingerprint density at radius 3 is 2.67 bits per heavy atom. The Kier molecular flexibility index (Phi) is 4.46. The van der Waals surface area contributed by atoms with Crippen LogP contribution < -0.4 is 16.4 Å². The molecule has 3 heterocycles. The van der Waals surface area contributed by atoms with Crippen molar-refractivity contribution in [3.05, 3.63) is 71.4 Å². The van der Waals surface area contributed by atoms with Gasteiger partial charge >= 0.3 is 0 Å². The van der Waals surface area contributed by atoms with E-state index in [-0.39, 0.29) is 11.6 Å². The lowest BCUT2D eigenvalue weighted by Gasteiger charge is -2.04. The summed E-state index contributed by atoms with van der Waals surface area (Å²) in [6.07, 6.45) is 0. The lowest BCUT2D eigenvalue weighted by molar-refractivity contribution is 0.0997. The number of anilines is 3. The summed E-state index contributed by atoms with van der Waals surface area (Å²) in [5.41, 5.74) is 7.61. The number of thiazole rings is 1. The predicted octanol–water partition coefficient (Wildman–Crippen LogP) is 4.93. The zero-order chi connectivity index (χ0) is 20.7. The molecule has 9 heteroatoms. The van der Waals surface area contributed by atoms with Gasteiger partial charge in [0.15, 0.2) is 10.8 Å². The summed E-state index contributed by atoms with van der Waals surface area (Å²) in [5, 5.41) is 10.8. The van der Waals surface area contributed by atoms with E-state index in [9.17, 15) is 9.59 Å². The number of amides is 2. The van der Waals surface area contributed by atoms with Gasteiger partial charge in [-0.2, -0.15) is 0 Å². The maximum Gasteiger partial charge on any atom is 0.272 e. The number of nitrogens with one attached hydrogen (secondary N) is 3. The van der Waals surface area contributed by atoms with E-state index >= 15 is 0 Å². The maximum atomic E-state index is 12.6. The second-order valence-electron chi connectivity index (χ2n) is 6.58. The van der Waals surface area contributed by atoms with Crippen LogP contribution in [0.25, 0.3) is 21.0 Å². The van der Waals surface area contributed by atoms with Crippen molar-refractivity contribution in [2.45, 2.75) is 0 Å². The Hall–Kier alpha value is -3.69. The van der Waals surface area contributed by atoms with Crippen molar-refractivity contribution >= 4 is 71.3 Å². The molecule has 30 heavy (non-hydrogen) atoms. The predicted molar refractivity (Wildman–Crippen MR) is 122 cm³/mol. The number of nitrogens with zero attached hydrogens (tertiary/aromatic N) is 1. The number of nitrogens with two attached hydrogens (primary N) is 1. The average Bonchev–Trinajstić information content (AvgIpc) is 3.43. The highest BCUT2D eigenvalue weighted by Crippen LogP contribution is 2.32. The molecule has 5 N–H and O–H groups in total. The molecule has 0 fully saturated rings. The highest BCUT2D eigenvalue weighted by Gasteiger charge is 2.20. The van der Waals surface area contributed by atoms with E-state index in [2.05, 4.69) is 20.6 Å². The number of primary amides is 1. The number of rotatable bonds is 5. The van der Waals surface area contributed by atoms with Gasteiger partial charge in [-0.25, -0.2) is 4.98 Å². The number of aromatic amines is 1. The zero-order valence-corrected chi connectivity index (χ0v) is 17.1. The Labute approximate surface area is 178 Å². The molecule has 0 saturated carbocycles. The van der Waals surface area contributed by atoms with Crippen molar-refractivity contribution in [1.82, 2.24) is 9.97 Å². The lowest BCUT2D eigenvalue weighted by Crippen LogP contribution is -2.17. The Balaban J connectivity index is 1.41. The fourth-order valence-corrected chi connectivity index (χ4v) is 4.83. The van der Waals surface area contributed by atoms with Crippen LogP contribution >= 0.6 is 22.7 Å². The second-order valence-corrected chi connectivity index (χ2v) is 8.53. The standard InChI is InChI=1S/C21H15N5O2S2/c22-18(27)17-20(26-19(28)15-10-16-14(24-15)7-8-29-16)30-21(25-17)23-13-6-5-11-3-1-2-4-12(11)9-13/h1-10,24H,(H2,22,27)(H,23,25)(H,26,28). The zero-order valence-electron chi connectivity index (χ0n) is 15.4. The quantitative estimate of drug-likeness (QED) is 0.315. The van der Waals surface area contributed by atoms with E-state index in [0.717, 1.165) is 38.0 Å². The van der Waals surface area contributed by atoms with Gasteiger partial charge < -0.3 is 21.4 Å². The van der Waals surface area contributed by atoms with Crippen LogP contribution in [0.2, 0.25) is 0 Å². The molecule has 0 aliphatic rings. The van der Waals surface area contributed by atoms with E-state index < -0.39 is 5.91 Å². The largest absolute Gasteiger partial charge is 0.364 e. The van der Waals surface area contributed by atoms with Gasteiger partial charge in [-0.1, -0.05) is 41.7 Å². The molecule has 0 saturated heterocycles. The minimum absolute atomic E-state index is 0.0185. The van der Waals surface area contributed by atoms with Crippen LogP contribution in [0.1, 0.15) is 21.0 Å². The van der Waals surface area contributed by atoms with Crippen molar-refractivity contribution < 1.29 is 9.59 Å². The molecule has 5 rings (SSSR count). The van der Waals surface area contributed by atoms with E-state index in [0.29, 0.717) is 15.8 Å². The first-order valence-electron chi connectivity index (χ1n) is 9.01. The molecule has 0 atom stereocenters. The average molecular weight is 434 g/mol. The fourth-order valence-electron chi connectivity index (χ4n) is 3.16. The number of carbonyl (C=O) groups excluding carboxylic acids is 2. The third kappa shape index (κ3) is 3.40. The van der Waals surface area contributed by atoms with Crippen molar-refractivity contribution in [2.75, 3.05) is 10.6 Å². The summed E-state index contributed by atoms with van der Waals surface area (Å²) in [6, 6.07) is 17.6. The number of benzene rings is 2. The van der Waals surface area contributed by atoms with Gasteiger partial charge in [0.2, 0.25) is 0 Å². The van der Waals surface area contributed by atoms with Gasteiger partial charge in [0.05, 0.1) is 10.2 Å². The molecule has 0 aliphatic carbocycles. The van der Waals surface area contributed by atoms with Crippen molar-refractivity contribution in [1.29, 1.82) is 0 Å². The number of hydrogen-bond donors (Lipinski definition) is 4. The van der Waals surface area contributed by atoms with Gasteiger partial charge in [0, 0.05) is 5.69 Å². The Bertz CT molecular complexity index is 1390. The number of carbonyl (C=O) groups is 2. The van der Waals surface area contributed by atoms with Gasteiger partial charge in [-0.05, 0) is 40.4 Å². The van der Waals surface area contributed by atoms with Crippen molar-refractivity contribution in [2.24, 2.45) is 5.73 Å². The molecule has 148 valence electrons. The van der Waals surface area contributed by atoms with Gasteiger partial charge in [0.25, 0.3) is 11.8 Å². The molecular weight excluding hydrogens is 418 g/mol. The minimum atomic E-state index is -0.708. The Morgan fingerprint density at radius 2 is 1.87 bits per heavy atom. The van der Waals surface area contributed by atoms with Crippen LogP contribution in [-0.4, -0.2) is 21.8 Å². The molecule has 7 nitrogen and oxygen atoms in total. The summed E-state index contributed by atoms with van der Waals surface area (Å²) in [7, 11) is 0. The van der Waals surface area contributed by atoms with Crippen LogP contribution in [0.4, 0.5) is 15.8 Å². The Morgan fingerprint density at radius 1 is 1.03 bits per heavy atom. The van der Waals surface area contributed by atoms with Gasteiger partial charge in [0.1, 0.15) is 10.7 Å². The molecule has 0 spiro atoms. The third-order valence-electron chi connectivity index (χ3n) is 4.57. The molecule has 2 aromatic carbocycles. The van der Waals surface area contributed by atoms with Crippen LogP contribution in [0.3, 0.4) is 0 Å². The molecule has 2 amide bonds. The normalized spacial score (nSPS) is 11.1. The number of thiophene rings is 1. The third-order valence-corrected chi connectivity index (χ3v) is 6.32. The number of aromatic nitrogens is 2. The molecule has 0 aliphatic heterocycles. The van der Waals surface area contributed by atoms with E-state index in [1.807, 2.05) is 53.9 Å². The summed E-state index contributed by atoms with van der Waals surface area (Å²) in [4.78, 5) is 31.8. The first kappa shape index (κ1) is 18.3. The van der Waals surface area contributed by atoms with Gasteiger partial charge in [-0.3, -0.25) is 9.59 Å².